The van der Waals surface area contributed by atoms with Crippen molar-refractivity contribution in [3.8, 4) is 0 Å². The predicted molar refractivity (Wildman–Crippen MR) is 110 cm³/mol. The van der Waals surface area contributed by atoms with Crippen molar-refractivity contribution in [2.45, 2.75) is 19.2 Å². The van der Waals surface area contributed by atoms with Crippen LogP contribution in [0.2, 0.25) is 5.02 Å². The van der Waals surface area contributed by atoms with Crippen molar-refractivity contribution in [2.75, 3.05) is 35.7 Å². The van der Waals surface area contributed by atoms with E-state index in [9.17, 15) is 9.90 Å². The van der Waals surface area contributed by atoms with Crippen LogP contribution >= 0.6 is 11.6 Å². The average molecular weight is 401 g/mol. The highest BCUT2D eigenvalue weighted by Gasteiger charge is 2.28. The third-order valence-electron chi connectivity index (χ3n) is 4.92. The van der Waals surface area contributed by atoms with Crippen molar-refractivity contribution < 1.29 is 9.90 Å². The Bertz CT molecular complexity index is 950. The number of hydrogen-bond donors (Lipinski definition) is 3. The first-order valence-electron chi connectivity index (χ1n) is 9.00. The summed E-state index contributed by atoms with van der Waals surface area (Å²) in [6.45, 7) is 3.17. The number of carbonyl (C=O) groups is 1. The van der Waals surface area contributed by atoms with Crippen molar-refractivity contribution in [1.29, 1.82) is 0 Å². The Morgan fingerprint density at radius 2 is 2.18 bits per heavy atom. The summed E-state index contributed by atoms with van der Waals surface area (Å²) in [7, 11) is 1.76. The molecule has 1 aromatic carbocycles. The fraction of sp³-hybridized carbons (Fsp3) is 0.316. The Kier molecular flexibility index (Phi) is 4.82. The van der Waals surface area contributed by atoms with Crippen LogP contribution < -0.4 is 15.5 Å². The lowest BCUT2D eigenvalue weighted by atomic mass is 9.98. The van der Waals surface area contributed by atoms with Crippen LogP contribution in [-0.4, -0.2) is 58.4 Å². The number of anilines is 3. The predicted octanol–water partition coefficient (Wildman–Crippen LogP) is 2.63. The molecule has 3 heterocycles. The molecule has 3 N–H and O–H groups in total. The summed E-state index contributed by atoms with van der Waals surface area (Å²) < 4.78 is 0. The molecule has 146 valence electrons. The molecule has 0 bridgehead atoms. The topological polar surface area (TPSA) is 93.6 Å². The number of benzene rings is 1. The van der Waals surface area contributed by atoms with Crippen molar-refractivity contribution in [3.63, 3.8) is 0 Å². The van der Waals surface area contributed by atoms with E-state index in [1.54, 1.807) is 35.2 Å². The van der Waals surface area contributed by atoms with E-state index < -0.39 is 6.23 Å². The molecule has 2 aliphatic heterocycles. The van der Waals surface area contributed by atoms with Crippen LogP contribution in [-0.2, 0) is 0 Å². The van der Waals surface area contributed by atoms with Gasteiger partial charge in [-0.25, -0.2) is 9.78 Å². The van der Waals surface area contributed by atoms with Gasteiger partial charge in [0.05, 0.1) is 6.04 Å². The molecule has 1 unspecified atom stereocenters. The Labute approximate surface area is 167 Å². The molecule has 28 heavy (non-hydrogen) atoms. The Hall–Kier alpha value is -2.84. The number of urea groups is 1. The van der Waals surface area contributed by atoms with Gasteiger partial charge in [-0.1, -0.05) is 11.6 Å². The molecule has 2 aromatic rings. The van der Waals surface area contributed by atoms with Gasteiger partial charge in [-0.2, -0.15) is 4.98 Å². The van der Waals surface area contributed by atoms with Crippen LogP contribution in [0, 0.1) is 0 Å². The largest absolute Gasteiger partial charge is 0.370 e. The number of aliphatic hydroxyl groups is 1. The number of halogens is 1. The molecule has 4 rings (SSSR count). The summed E-state index contributed by atoms with van der Waals surface area (Å²) in [6, 6.07) is 6.83. The fourth-order valence-corrected chi connectivity index (χ4v) is 3.52. The number of nitrogens with zero attached hydrogens (tertiary/aromatic N) is 4. The zero-order valence-electron chi connectivity index (χ0n) is 15.6. The minimum atomic E-state index is -0.840. The van der Waals surface area contributed by atoms with Gasteiger partial charge in [0.1, 0.15) is 12.0 Å². The average Bonchev–Trinajstić information content (AvgIpc) is 3.00. The second kappa shape index (κ2) is 7.29. The van der Waals surface area contributed by atoms with E-state index in [0.29, 0.717) is 29.9 Å². The van der Waals surface area contributed by atoms with Crippen LogP contribution in [0.15, 0.2) is 36.0 Å². The smallest absolute Gasteiger partial charge is 0.325 e. The summed E-state index contributed by atoms with van der Waals surface area (Å²) in [4.78, 5) is 24.2. The Morgan fingerprint density at radius 1 is 1.36 bits per heavy atom. The number of hydrogen-bond acceptors (Lipinski definition) is 6. The molecule has 9 heteroatoms. The van der Waals surface area contributed by atoms with Crippen molar-refractivity contribution in [1.82, 2.24) is 14.9 Å². The molecule has 2 aliphatic rings. The van der Waals surface area contributed by atoms with Gasteiger partial charge in [-0.15, -0.1) is 0 Å². The Morgan fingerprint density at radius 3 is 2.93 bits per heavy atom. The number of amides is 2. The van der Waals surface area contributed by atoms with Crippen LogP contribution in [0.1, 0.15) is 12.5 Å². The lowest BCUT2D eigenvalue weighted by Crippen LogP contribution is -2.34. The van der Waals surface area contributed by atoms with E-state index in [2.05, 4.69) is 20.6 Å². The van der Waals surface area contributed by atoms with E-state index in [0.717, 1.165) is 16.8 Å². The maximum atomic E-state index is 12.2. The molecule has 2 atom stereocenters. The van der Waals surface area contributed by atoms with E-state index in [1.807, 2.05) is 25.1 Å². The normalized spacial score (nSPS) is 19.8. The van der Waals surface area contributed by atoms with E-state index in [-0.39, 0.29) is 12.1 Å². The second-order valence-electron chi connectivity index (χ2n) is 6.88. The highest BCUT2D eigenvalue weighted by atomic mass is 35.5. The Balaban J connectivity index is 1.55. The number of rotatable bonds is 4. The standard InChI is InChI=1S/C19H21ClN6O2/c1-11(14-10-12-9-13(20)3-4-15(12)23-17(14)27)22-18-21-6-5-16(24-18)26-8-7-25(2)19(26)28/h3-6,9-11,17,23,27H,7-8H2,1-2H3,(H,21,22,24)/t11-,17?/m0/s1. The van der Waals surface area contributed by atoms with Crippen LogP contribution in [0.3, 0.4) is 0 Å². The number of carbonyl (C=O) groups excluding carboxylic acids is 1. The molecule has 1 fully saturated rings. The lowest BCUT2D eigenvalue weighted by molar-refractivity contribution is 0.229. The third-order valence-corrected chi connectivity index (χ3v) is 5.16. The molecule has 1 aromatic heterocycles. The zero-order valence-corrected chi connectivity index (χ0v) is 16.3. The van der Waals surface area contributed by atoms with Crippen molar-refractivity contribution in [3.05, 3.63) is 46.6 Å². The maximum absolute atomic E-state index is 12.2. The minimum absolute atomic E-state index is 0.0826. The lowest BCUT2D eigenvalue weighted by Gasteiger charge is -2.28. The van der Waals surface area contributed by atoms with E-state index in [1.165, 1.54) is 0 Å². The molecule has 1 saturated heterocycles. The van der Waals surface area contributed by atoms with Gasteiger partial charge in [0.2, 0.25) is 5.95 Å². The highest BCUT2D eigenvalue weighted by Crippen LogP contribution is 2.30. The van der Waals surface area contributed by atoms with Gasteiger partial charge in [0, 0.05) is 42.6 Å². The molecule has 2 amide bonds. The second-order valence-corrected chi connectivity index (χ2v) is 7.32. The van der Waals surface area contributed by atoms with Crippen molar-refractivity contribution >= 4 is 41.2 Å². The molecule has 8 nitrogen and oxygen atoms in total. The molecule has 0 spiro atoms. The highest BCUT2D eigenvalue weighted by molar-refractivity contribution is 6.30. The number of fused-ring (bicyclic) bond motifs is 1. The molecule has 0 aliphatic carbocycles. The van der Waals surface area contributed by atoms with Gasteiger partial charge in [-0.3, -0.25) is 4.90 Å². The summed E-state index contributed by atoms with van der Waals surface area (Å²) in [5, 5.41) is 17.4. The zero-order chi connectivity index (χ0) is 19.8. The van der Waals surface area contributed by atoms with Crippen LogP contribution in [0.25, 0.3) is 6.08 Å². The van der Waals surface area contributed by atoms with Gasteiger partial charge < -0.3 is 20.6 Å². The van der Waals surface area contributed by atoms with E-state index in [4.69, 9.17) is 11.6 Å². The first kappa shape index (κ1) is 18.5. The number of aliphatic hydroxyl groups excluding tert-OH is 1. The maximum Gasteiger partial charge on any atom is 0.325 e. The number of likely N-dealkylation sites (N-methyl/N-ethyl adjacent to an activating group) is 1. The van der Waals surface area contributed by atoms with Crippen LogP contribution in [0.4, 0.5) is 22.2 Å². The third kappa shape index (κ3) is 3.48. The first-order valence-corrected chi connectivity index (χ1v) is 9.38. The van der Waals surface area contributed by atoms with E-state index >= 15 is 0 Å². The quantitative estimate of drug-likeness (QED) is 0.730. The van der Waals surface area contributed by atoms with Gasteiger partial charge >= 0.3 is 6.03 Å². The summed E-state index contributed by atoms with van der Waals surface area (Å²) in [5.41, 5.74) is 2.46. The molecule has 0 saturated carbocycles. The fourth-order valence-electron chi connectivity index (χ4n) is 3.34. The van der Waals surface area contributed by atoms with Crippen LogP contribution in [0.5, 0.6) is 0 Å². The summed E-state index contributed by atoms with van der Waals surface area (Å²) >= 11 is 6.08. The summed E-state index contributed by atoms with van der Waals surface area (Å²) in [6.07, 6.45) is 2.68. The van der Waals surface area contributed by atoms with Gasteiger partial charge in [0.15, 0.2) is 0 Å². The van der Waals surface area contributed by atoms with Gasteiger partial charge in [-0.05, 0) is 42.8 Å². The number of aromatic nitrogens is 2. The minimum Gasteiger partial charge on any atom is -0.370 e. The molecular formula is C19H21ClN6O2. The molecular weight excluding hydrogens is 380 g/mol. The van der Waals surface area contributed by atoms with Gasteiger partial charge in [0.25, 0.3) is 0 Å². The number of nitrogens with one attached hydrogen (secondary N) is 2. The first-order chi connectivity index (χ1) is 13.4. The monoisotopic (exact) mass is 400 g/mol. The molecule has 0 radical (unpaired) electrons. The van der Waals surface area contributed by atoms with Crippen molar-refractivity contribution in [2.24, 2.45) is 0 Å². The SMILES string of the molecule is C[C@H](Nc1nccc(N2CCN(C)C2=O)n1)C1=Cc2cc(Cl)ccc2NC1O. The summed E-state index contributed by atoms with van der Waals surface area (Å²) in [5.74, 6) is 0.935.